The van der Waals surface area contributed by atoms with Crippen molar-refractivity contribution in [3.63, 3.8) is 0 Å². The minimum absolute atomic E-state index is 0.0552. The smallest absolute Gasteiger partial charge is 0.319 e. The summed E-state index contributed by atoms with van der Waals surface area (Å²) in [5.41, 5.74) is 10.8. The number of aliphatic hydroxyl groups is 1. The van der Waals surface area contributed by atoms with E-state index in [0.717, 1.165) is 43.5 Å². The Hall–Kier alpha value is -3.32. The van der Waals surface area contributed by atoms with Crippen LogP contribution in [0.25, 0.3) is 11.3 Å². The highest BCUT2D eigenvalue weighted by atomic mass is 16.3. The van der Waals surface area contributed by atoms with E-state index in [2.05, 4.69) is 44.5 Å². The fraction of sp³-hybridized carbons (Fsp3) is 0.448. The number of amides is 2. The monoisotopic (exact) mass is 483 g/mol. The Morgan fingerprint density at radius 3 is 2.64 bits per heavy atom. The minimum Gasteiger partial charge on any atom is -0.399 e. The summed E-state index contributed by atoms with van der Waals surface area (Å²) < 4.78 is 2.24. The third-order valence-electron chi connectivity index (χ3n) is 9.54. The number of rotatable bonds is 5. The fourth-order valence-corrected chi connectivity index (χ4v) is 8.25. The van der Waals surface area contributed by atoms with E-state index >= 15 is 0 Å². The molecule has 2 heterocycles. The van der Waals surface area contributed by atoms with Gasteiger partial charge in [-0.3, -0.25) is 0 Å². The van der Waals surface area contributed by atoms with Crippen LogP contribution in [0.2, 0.25) is 0 Å². The molecule has 0 saturated heterocycles. The molecule has 4 saturated carbocycles. The molecule has 36 heavy (non-hydrogen) atoms. The average molecular weight is 484 g/mol. The van der Waals surface area contributed by atoms with Crippen LogP contribution in [0.5, 0.6) is 0 Å². The molecule has 4 bridgehead atoms. The second kappa shape index (κ2) is 8.10. The molecule has 1 aliphatic heterocycles. The number of urea groups is 1. The van der Waals surface area contributed by atoms with Crippen molar-refractivity contribution in [1.82, 2.24) is 14.9 Å². The number of nitrogens with zero attached hydrogens (tertiary/aromatic N) is 2. The van der Waals surface area contributed by atoms with Gasteiger partial charge in [-0.25, -0.2) is 9.78 Å². The van der Waals surface area contributed by atoms with E-state index in [0.29, 0.717) is 29.9 Å². The number of nitrogen functional groups attached to an aromatic ring is 1. The lowest BCUT2D eigenvalue weighted by Crippen LogP contribution is -2.62. The Labute approximate surface area is 211 Å². The quantitative estimate of drug-likeness (QED) is 0.391. The first-order valence-electron chi connectivity index (χ1n) is 13.2. The zero-order valence-electron chi connectivity index (χ0n) is 20.3. The van der Waals surface area contributed by atoms with Crippen LogP contribution in [0, 0.1) is 23.2 Å². The van der Waals surface area contributed by atoms with Crippen LogP contribution in [0.15, 0.2) is 61.1 Å². The van der Waals surface area contributed by atoms with Crippen molar-refractivity contribution in [3.05, 3.63) is 66.6 Å². The van der Waals surface area contributed by atoms with Crippen LogP contribution < -0.4 is 16.4 Å². The highest BCUT2D eigenvalue weighted by molar-refractivity contribution is 5.89. The summed E-state index contributed by atoms with van der Waals surface area (Å²) in [5, 5.41) is 18.1. The van der Waals surface area contributed by atoms with E-state index in [1.165, 1.54) is 11.1 Å². The summed E-state index contributed by atoms with van der Waals surface area (Å²) in [6.07, 6.45) is 9.55. The molecule has 3 aromatic rings. The van der Waals surface area contributed by atoms with Crippen LogP contribution in [-0.4, -0.2) is 32.8 Å². The lowest BCUT2D eigenvalue weighted by molar-refractivity contribution is -0.135. The van der Waals surface area contributed by atoms with Crippen LogP contribution in [-0.2, 0) is 0 Å². The number of carbonyl (C=O) groups excluding carboxylic acids is 1. The van der Waals surface area contributed by atoms with E-state index in [9.17, 15) is 9.90 Å². The van der Waals surface area contributed by atoms with Gasteiger partial charge >= 0.3 is 6.03 Å². The summed E-state index contributed by atoms with van der Waals surface area (Å²) in [6, 6.07) is 15.9. The molecular formula is C29H33N5O2. The molecule has 7 nitrogen and oxygen atoms in total. The van der Waals surface area contributed by atoms with Gasteiger partial charge in [0.15, 0.2) is 0 Å². The minimum atomic E-state index is -0.374. The summed E-state index contributed by atoms with van der Waals surface area (Å²) in [6.45, 7) is 0. The highest BCUT2D eigenvalue weighted by Gasteiger charge is 2.58. The number of aromatic nitrogens is 2. The molecule has 7 heteroatoms. The zero-order valence-corrected chi connectivity index (χ0v) is 20.3. The molecular weight excluding hydrogens is 450 g/mol. The topological polar surface area (TPSA) is 105 Å². The van der Waals surface area contributed by atoms with Crippen molar-refractivity contribution >= 4 is 17.4 Å². The average Bonchev–Trinajstić information content (AvgIpc) is 3.45. The van der Waals surface area contributed by atoms with Gasteiger partial charge in [0.25, 0.3) is 0 Å². The summed E-state index contributed by atoms with van der Waals surface area (Å²) in [5.74, 6) is 1.49. The number of nitrogens with two attached hydrogens (primary N) is 1. The first-order valence-corrected chi connectivity index (χ1v) is 13.2. The Morgan fingerprint density at radius 1 is 1.11 bits per heavy atom. The number of fused-ring (bicyclic) bond motifs is 3. The second-order valence-corrected chi connectivity index (χ2v) is 11.6. The van der Waals surface area contributed by atoms with Gasteiger partial charge in [-0.15, -0.1) is 0 Å². The van der Waals surface area contributed by atoms with Gasteiger partial charge in [0.1, 0.15) is 0 Å². The predicted octanol–water partition coefficient (Wildman–Crippen LogP) is 4.80. The van der Waals surface area contributed by atoms with Crippen LogP contribution in [0.1, 0.15) is 50.1 Å². The maximum absolute atomic E-state index is 12.8. The molecule has 4 aliphatic carbocycles. The standard InChI is InChI=1S/C29H33N5O2/c30-20-5-7-21(8-6-20)32-28(36)33-27-18-9-17-10-19(27)14-29(12-17,13-18)26(35)11-24-22-3-1-2-4-23(22)25-15-31-16-34(24)25/h1-8,15-19,24,26-27,35H,9-14,30H2,(H2,32,33,36)/t17?,18-,19?,24?,26?,27?,29?/m1/s1. The number of aliphatic hydroxyl groups excluding tert-OH is 1. The van der Waals surface area contributed by atoms with Crippen molar-refractivity contribution in [1.29, 1.82) is 0 Å². The Bertz CT molecular complexity index is 1290. The molecule has 7 atom stereocenters. The van der Waals surface area contributed by atoms with E-state index in [1.807, 2.05) is 24.7 Å². The number of nitrogens with one attached hydrogen (secondary N) is 2. The number of carbonyl (C=O) groups is 1. The molecule has 8 rings (SSSR count). The van der Waals surface area contributed by atoms with Crippen LogP contribution >= 0.6 is 0 Å². The normalized spacial score (nSPS) is 32.1. The van der Waals surface area contributed by atoms with Crippen LogP contribution in [0.3, 0.4) is 0 Å². The number of anilines is 2. The number of hydrogen-bond acceptors (Lipinski definition) is 4. The number of hydrogen-bond donors (Lipinski definition) is 4. The number of benzene rings is 2. The first kappa shape index (κ1) is 21.9. The van der Waals surface area contributed by atoms with Crippen LogP contribution in [0.4, 0.5) is 16.2 Å². The molecule has 2 aromatic carbocycles. The van der Waals surface area contributed by atoms with Gasteiger partial charge in [0, 0.05) is 23.0 Å². The molecule has 2 amide bonds. The summed E-state index contributed by atoms with van der Waals surface area (Å²) in [4.78, 5) is 17.2. The van der Waals surface area contributed by atoms with Gasteiger partial charge < -0.3 is 26.0 Å². The first-order chi connectivity index (χ1) is 17.5. The molecule has 5 aliphatic rings. The maximum atomic E-state index is 12.8. The lowest BCUT2D eigenvalue weighted by atomic mass is 9.46. The lowest BCUT2D eigenvalue weighted by Gasteiger charge is -2.61. The third kappa shape index (κ3) is 3.44. The van der Waals surface area contributed by atoms with Crippen molar-refractivity contribution in [2.24, 2.45) is 23.2 Å². The molecule has 0 radical (unpaired) electrons. The van der Waals surface area contributed by atoms with Gasteiger partial charge in [-0.1, -0.05) is 24.3 Å². The van der Waals surface area contributed by atoms with Crippen molar-refractivity contribution in [2.45, 2.75) is 56.7 Å². The zero-order chi connectivity index (χ0) is 24.4. The van der Waals surface area contributed by atoms with E-state index in [1.54, 1.807) is 12.1 Å². The maximum Gasteiger partial charge on any atom is 0.319 e. The van der Waals surface area contributed by atoms with Crippen molar-refractivity contribution in [3.8, 4) is 11.3 Å². The number of imidazole rings is 1. The molecule has 1 aromatic heterocycles. The Balaban J connectivity index is 1.07. The van der Waals surface area contributed by atoms with E-state index in [-0.39, 0.29) is 29.6 Å². The summed E-state index contributed by atoms with van der Waals surface area (Å²) in [7, 11) is 0. The molecule has 0 spiro atoms. The largest absolute Gasteiger partial charge is 0.399 e. The fourth-order valence-electron chi connectivity index (χ4n) is 8.25. The van der Waals surface area contributed by atoms with Gasteiger partial charge in [-0.2, -0.15) is 0 Å². The van der Waals surface area contributed by atoms with Crippen molar-refractivity contribution < 1.29 is 9.90 Å². The molecule has 4 fully saturated rings. The Morgan fingerprint density at radius 2 is 1.86 bits per heavy atom. The van der Waals surface area contributed by atoms with E-state index < -0.39 is 0 Å². The molecule has 186 valence electrons. The third-order valence-corrected chi connectivity index (χ3v) is 9.54. The predicted molar refractivity (Wildman–Crippen MR) is 139 cm³/mol. The SMILES string of the molecule is Nc1ccc(NC(=O)NC2C3CC4C[C@@H]2CC(C(O)CC2c5ccccc5-c5cncn52)(C4)C3)cc1. The van der Waals surface area contributed by atoms with Gasteiger partial charge in [-0.05, 0) is 91.5 Å². The highest BCUT2D eigenvalue weighted by Crippen LogP contribution is 2.62. The van der Waals surface area contributed by atoms with Crippen molar-refractivity contribution in [2.75, 3.05) is 11.1 Å². The second-order valence-electron chi connectivity index (χ2n) is 11.6. The molecule has 6 unspecified atom stereocenters. The molecule has 5 N–H and O–H groups in total. The summed E-state index contributed by atoms with van der Waals surface area (Å²) >= 11 is 0. The van der Waals surface area contributed by atoms with Gasteiger partial charge in [0.2, 0.25) is 0 Å². The Kier molecular flexibility index (Phi) is 4.93. The van der Waals surface area contributed by atoms with E-state index in [4.69, 9.17) is 5.73 Å². The van der Waals surface area contributed by atoms with Gasteiger partial charge in [0.05, 0.1) is 30.4 Å².